The van der Waals surface area contributed by atoms with Crippen LogP contribution >= 0.6 is 11.6 Å². The molecule has 188 valence electrons. The molecule has 0 radical (unpaired) electrons. The highest BCUT2D eigenvalue weighted by atomic mass is 35.5. The van der Waals surface area contributed by atoms with Crippen molar-refractivity contribution in [3.63, 3.8) is 0 Å². The topological polar surface area (TPSA) is 65.0 Å². The zero-order valence-electron chi connectivity index (χ0n) is 20.6. The Hall–Kier alpha value is -1.95. The van der Waals surface area contributed by atoms with Crippen LogP contribution in [0.3, 0.4) is 0 Å². The summed E-state index contributed by atoms with van der Waals surface area (Å²) in [6.07, 6.45) is 10.2. The maximum Gasteiger partial charge on any atom is 0.160 e. The van der Waals surface area contributed by atoms with Crippen molar-refractivity contribution in [2.75, 3.05) is 32.8 Å². The minimum atomic E-state index is 0.00245. The lowest BCUT2D eigenvalue weighted by Gasteiger charge is -2.35. The molecule has 2 aromatic rings. The molecule has 6 heteroatoms. The number of benzene rings is 2. The van der Waals surface area contributed by atoms with Crippen molar-refractivity contribution in [3.8, 4) is 17.2 Å². The molecule has 0 aliphatic heterocycles. The monoisotopic (exact) mass is 488 g/mol. The van der Waals surface area contributed by atoms with E-state index in [1.807, 2.05) is 30.3 Å². The summed E-state index contributed by atoms with van der Waals surface area (Å²) in [6.45, 7) is 7.00. The number of ether oxygens (including phenoxy) is 1. The second kappa shape index (κ2) is 14.4. The molecule has 0 amide bonds. The third kappa shape index (κ3) is 8.07. The van der Waals surface area contributed by atoms with Gasteiger partial charge >= 0.3 is 0 Å². The third-order valence-corrected chi connectivity index (χ3v) is 7.09. The van der Waals surface area contributed by atoms with Crippen molar-refractivity contribution in [1.29, 1.82) is 0 Å². The van der Waals surface area contributed by atoms with Crippen LogP contribution in [0.2, 0.25) is 5.02 Å². The predicted octanol–water partition coefficient (Wildman–Crippen LogP) is 5.94. The fourth-order valence-electron chi connectivity index (χ4n) is 4.79. The van der Waals surface area contributed by atoms with Crippen LogP contribution in [0.25, 0.3) is 0 Å². The fraction of sp³-hybridized carbons (Fsp3) is 0.571. The average molecular weight is 489 g/mol. The molecule has 2 aromatic carbocycles. The highest BCUT2D eigenvalue weighted by molar-refractivity contribution is 6.32. The molecule has 3 rings (SSSR count). The van der Waals surface area contributed by atoms with Gasteiger partial charge in [-0.2, -0.15) is 0 Å². The van der Waals surface area contributed by atoms with Crippen LogP contribution in [0.4, 0.5) is 0 Å². The first-order chi connectivity index (χ1) is 16.6. The molecule has 3 N–H and O–H groups in total. The lowest BCUT2D eigenvalue weighted by molar-refractivity contribution is 0.172. The van der Waals surface area contributed by atoms with Gasteiger partial charge in [0, 0.05) is 18.2 Å². The molecule has 0 fully saturated rings. The minimum Gasteiger partial charge on any atom is -0.504 e. The molecule has 0 saturated heterocycles. The third-order valence-electron chi connectivity index (χ3n) is 6.78. The lowest BCUT2D eigenvalue weighted by atomic mass is 9.86. The van der Waals surface area contributed by atoms with E-state index in [2.05, 4.69) is 17.1 Å². The first-order valence-electron chi connectivity index (χ1n) is 12.9. The number of halogens is 1. The molecule has 1 atom stereocenters. The maximum absolute atomic E-state index is 10.2. The quantitative estimate of drug-likeness (QED) is 0.214. The molecular weight excluding hydrogens is 448 g/mol. The maximum atomic E-state index is 10.2. The van der Waals surface area contributed by atoms with Gasteiger partial charge in [-0.1, -0.05) is 56.0 Å². The van der Waals surface area contributed by atoms with Crippen molar-refractivity contribution >= 4 is 11.6 Å². The van der Waals surface area contributed by atoms with Gasteiger partial charge in [0.15, 0.2) is 11.5 Å². The summed E-state index contributed by atoms with van der Waals surface area (Å²) in [4.78, 5) is 2.67. The molecular formula is C28H41ClN2O3. The molecule has 0 aromatic heterocycles. The van der Waals surface area contributed by atoms with Crippen LogP contribution in [-0.2, 0) is 12.8 Å². The summed E-state index contributed by atoms with van der Waals surface area (Å²) in [5.41, 5.74) is 2.13. The zero-order chi connectivity index (χ0) is 24.2. The largest absolute Gasteiger partial charge is 0.504 e. The molecule has 5 nitrogen and oxygen atoms in total. The van der Waals surface area contributed by atoms with E-state index in [1.165, 1.54) is 44.1 Å². The van der Waals surface area contributed by atoms with Gasteiger partial charge in [-0.15, -0.1) is 0 Å². The summed E-state index contributed by atoms with van der Waals surface area (Å²) in [6, 6.07) is 11.7. The number of aromatic hydroxyl groups is 2. The summed E-state index contributed by atoms with van der Waals surface area (Å²) in [5, 5.41) is 24.1. The Morgan fingerprint density at radius 1 is 1.00 bits per heavy atom. The Bertz CT molecular complexity index is 877. The van der Waals surface area contributed by atoms with E-state index in [0.717, 1.165) is 56.8 Å². The average Bonchev–Trinajstić information content (AvgIpc) is 2.85. The van der Waals surface area contributed by atoms with E-state index in [1.54, 1.807) is 6.07 Å². The summed E-state index contributed by atoms with van der Waals surface area (Å²) < 4.78 is 5.71. The standard InChI is InChI=1S/C28H41ClN2O3/c1-2-3-18-31(23-13-14-24-22(21-23)12-15-26(32)28(24)33)19-9-5-4-8-16-30-17-20-34-27-11-7-6-10-25(27)29/h6-7,10-12,15,23,30,32-33H,2-5,8-9,13-14,16-21H2,1H3/t23-/m0/s1. The summed E-state index contributed by atoms with van der Waals surface area (Å²) in [7, 11) is 0. The molecule has 0 unspecified atom stereocenters. The Morgan fingerprint density at radius 3 is 2.62 bits per heavy atom. The zero-order valence-corrected chi connectivity index (χ0v) is 21.3. The normalized spacial score (nSPS) is 15.4. The van der Waals surface area contributed by atoms with Crippen LogP contribution in [0, 0.1) is 0 Å². The molecule has 1 aliphatic rings. The second-order valence-corrected chi connectivity index (χ2v) is 9.71. The van der Waals surface area contributed by atoms with E-state index in [-0.39, 0.29) is 11.5 Å². The number of phenols is 2. The minimum absolute atomic E-state index is 0.00245. The summed E-state index contributed by atoms with van der Waals surface area (Å²) in [5.74, 6) is 0.831. The number of phenolic OH excluding ortho intramolecular Hbond substituents is 2. The molecule has 0 saturated carbocycles. The van der Waals surface area contributed by atoms with E-state index >= 15 is 0 Å². The lowest BCUT2D eigenvalue weighted by Crippen LogP contribution is -2.40. The molecule has 34 heavy (non-hydrogen) atoms. The summed E-state index contributed by atoms with van der Waals surface area (Å²) >= 11 is 6.10. The number of para-hydroxylation sites is 1. The molecule has 0 bridgehead atoms. The molecule has 0 spiro atoms. The second-order valence-electron chi connectivity index (χ2n) is 9.30. The van der Waals surface area contributed by atoms with Crippen LogP contribution in [-0.4, -0.2) is 53.9 Å². The smallest absolute Gasteiger partial charge is 0.160 e. The van der Waals surface area contributed by atoms with Crippen LogP contribution in [0.5, 0.6) is 17.2 Å². The Kier molecular flexibility index (Phi) is 11.3. The van der Waals surface area contributed by atoms with Gasteiger partial charge in [-0.25, -0.2) is 0 Å². The first-order valence-corrected chi connectivity index (χ1v) is 13.3. The Balaban J connectivity index is 1.30. The van der Waals surface area contributed by atoms with Crippen LogP contribution in [0.15, 0.2) is 36.4 Å². The van der Waals surface area contributed by atoms with Gasteiger partial charge in [0.25, 0.3) is 0 Å². The van der Waals surface area contributed by atoms with Crippen molar-refractivity contribution in [2.45, 2.75) is 70.8 Å². The van der Waals surface area contributed by atoms with Crippen LogP contribution < -0.4 is 10.1 Å². The van der Waals surface area contributed by atoms with E-state index in [0.29, 0.717) is 17.7 Å². The SMILES string of the molecule is CCCCN(CCCCCCNCCOc1ccccc1Cl)[C@H]1CCc2c(ccc(O)c2O)C1. The van der Waals surface area contributed by atoms with Gasteiger partial charge < -0.3 is 25.2 Å². The number of hydrogen-bond donors (Lipinski definition) is 3. The van der Waals surface area contributed by atoms with E-state index < -0.39 is 0 Å². The van der Waals surface area contributed by atoms with Crippen LogP contribution in [0.1, 0.15) is 63.0 Å². The van der Waals surface area contributed by atoms with Gasteiger partial charge in [0.1, 0.15) is 12.4 Å². The van der Waals surface area contributed by atoms with Crippen molar-refractivity contribution in [2.24, 2.45) is 0 Å². The number of unbranched alkanes of at least 4 members (excludes halogenated alkanes) is 4. The number of hydrogen-bond acceptors (Lipinski definition) is 5. The highest BCUT2D eigenvalue weighted by Crippen LogP contribution is 2.36. The van der Waals surface area contributed by atoms with Crippen molar-refractivity contribution < 1.29 is 14.9 Å². The number of nitrogens with zero attached hydrogens (tertiary/aromatic N) is 1. The van der Waals surface area contributed by atoms with E-state index in [9.17, 15) is 10.2 Å². The van der Waals surface area contributed by atoms with Gasteiger partial charge in [-0.3, -0.25) is 0 Å². The fourth-order valence-corrected chi connectivity index (χ4v) is 4.98. The van der Waals surface area contributed by atoms with Crippen molar-refractivity contribution in [3.05, 3.63) is 52.5 Å². The van der Waals surface area contributed by atoms with E-state index in [4.69, 9.17) is 16.3 Å². The van der Waals surface area contributed by atoms with Gasteiger partial charge in [-0.05, 0) is 81.9 Å². The first kappa shape index (κ1) is 26.7. The van der Waals surface area contributed by atoms with Gasteiger partial charge in [0.2, 0.25) is 0 Å². The molecule has 0 heterocycles. The number of fused-ring (bicyclic) bond motifs is 1. The Morgan fingerprint density at radius 2 is 1.79 bits per heavy atom. The predicted molar refractivity (Wildman–Crippen MR) is 140 cm³/mol. The highest BCUT2D eigenvalue weighted by Gasteiger charge is 2.26. The molecule has 1 aliphatic carbocycles. The van der Waals surface area contributed by atoms with Gasteiger partial charge in [0.05, 0.1) is 5.02 Å². The Labute approximate surface area is 210 Å². The number of nitrogens with one attached hydrogen (secondary N) is 1. The van der Waals surface area contributed by atoms with Crippen molar-refractivity contribution in [1.82, 2.24) is 10.2 Å². The number of rotatable bonds is 15.